The van der Waals surface area contributed by atoms with Gasteiger partial charge in [-0.1, -0.05) is 20.4 Å². The maximum atomic E-state index is 15.0. The Bertz CT molecular complexity index is 1370. The molecule has 0 atom stereocenters. The first-order valence-electron chi connectivity index (χ1n) is 12.9. The predicted molar refractivity (Wildman–Crippen MR) is 158 cm³/mol. The van der Waals surface area contributed by atoms with Gasteiger partial charge in [0.2, 0.25) is 0 Å². The van der Waals surface area contributed by atoms with Gasteiger partial charge < -0.3 is 16.0 Å². The molecular formula is C29H37F2N7S. The zero-order valence-corrected chi connectivity index (χ0v) is 24.3. The van der Waals surface area contributed by atoms with E-state index in [4.69, 9.17) is 15.7 Å². The number of allylic oxidation sites excluding steroid dienone is 3. The van der Waals surface area contributed by atoms with Crippen molar-refractivity contribution in [1.82, 2.24) is 10.2 Å². The maximum Gasteiger partial charge on any atom is 0.153 e. The first-order valence-corrected chi connectivity index (χ1v) is 14.2. The molecule has 7 nitrogen and oxygen atoms in total. The molecule has 1 aliphatic heterocycles. The predicted octanol–water partition coefficient (Wildman–Crippen LogP) is 6.58. The Kier molecular flexibility index (Phi) is 8.34. The quantitative estimate of drug-likeness (QED) is 0.141. The Morgan fingerprint density at radius 2 is 1.95 bits per heavy atom. The van der Waals surface area contributed by atoms with Crippen LogP contribution in [0.3, 0.4) is 0 Å². The van der Waals surface area contributed by atoms with E-state index in [1.54, 1.807) is 26.4 Å². The molecule has 1 aliphatic carbocycles. The van der Waals surface area contributed by atoms with Crippen LogP contribution in [-0.2, 0) is 0 Å². The molecule has 10 heteroatoms. The van der Waals surface area contributed by atoms with Gasteiger partial charge in [-0.05, 0) is 68.4 Å². The van der Waals surface area contributed by atoms with Gasteiger partial charge in [-0.15, -0.1) is 11.8 Å². The van der Waals surface area contributed by atoms with Crippen LogP contribution in [0, 0.1) is 29.9 Å². The molecule has 1 saturated carbocycles. The number of hydrogen-bond donors (Lipinski definition) is 3. The van der Waals surface area contributed by atoms with Crippen LogP contribution in [0.15, 0.2) is 68.4 Å². The van der Waals surface area contributed by atoms with Gasteiger partial charge in [0.25, 0.3) is 0 Å². The minimum Gasteiger partial charge on any atom is -0.404 e. The van der Waals surface area contributed by atoms with Crippen molar-refractivity contribution in [2.75, 3.05) is 30.1 Å². The van der Waals surface area contributed by atoms with Crippen LogP contribution in [-0.4, -0.2) is 41.6 Å². The van der Waals surface area contributed by atoms with Gasteiger partial charge in [0.05, 0.1) is 0 Å². The Morgan fingerprint density at radius 1 is 1.28 bits per heavy atom. The van der Waals surface area contributed by atoms with Crippen molar-refractivity contribution in [2.45, 2.75) is 51.9 Å². The van der Waals surface area contributed by atoms with E-state index in [-0.39, 0.29) is 17.0 Å². The minimum atomic E-state index is -0.653. The van der Waals surface area contributed by atoms with Crippen LogP contribution < -0.4 is 16.0 Å². The fourth-order valence-electron chi connectivity index (χ4n) is 4.66. The number of halogens is 2. The molecule has 0 spiro atoms. The fraction of sp³-hybridized carbons (Fsp3) is 0.414. The summed E-state index contributed by atoms with van der Waals surface area (Å²) in [5, 5.41) is 10.6. The monoisotopic (exact) mass is 553 g/mol. The molecule has 0 amide bonds. The van der Waals surface area contributed by atoms with Gasteiger partial charge in [-0.3, -0.25) is 10.1 Å². The number of aromatic amines is 1. The number of aliphatic imine (C=N–C) groups is 2. The third-order valence-electron chi connectivity index (χ3n) is 6.99. The summed E-state index contributed by atoms with van der Waals surface area (Å²) in [6, 6.07) is 4.52. The van der Waals surface area contributed by atoms with Gasteiger partial charge in [0.1, 0.15) is 17.3 Å². The van der Waals surface area contributed by atoms with E-state index in [2.05, 4.69) is 35.9 Å². The first kappa shape index (κ1) is 28.6. The number of thioether (sulfide) groups is 1. The lowest BCUT2D eigenvalue weighted by Gasteiger charge is -2.23. The summed E-state index contributed by atoms with van der Waals surface area (Å²) >= 11 is 1.28. The number of aromatic nitrogens is 2. The van der Waals surface area contributed by atoms with Crippen LogP contribution in [0.5, 0.6) is 0 Å². The van der Waals surface area contributed by atoms with Gasteiger partial charge >= 0.3 is 0 Å². The van der Waals surface area contributed by atoms with Gasteiger partial charge in [0, 0.05) is 53.3 Å². The number of aryl methyl sites for hydroxylation is 1. The molecule has 2 aliphatic rings. The molecular weight excluding hydrogens is 516 g/mol. The van der Waals surface area contributed by atoms with Crippen molar-refractivity contribution >= 4 is 34.8 Å². The van der Waals surface area contributed by atoms with E-state index in [0.29, 0.717) is 22.4 Å². The SMILES string of the molecule is C=C(/C(=C/N)C1=NCC(C)(C)C1)/C(=C(\N=C(/C)N(C)c1c(F)cc(SC)cc1F)Nc1cc(C)[nH]n1)C1CC1. The Morgan fingerprint density at radius 3 is 2.44 bits per heavy atom. The zero-order valence-electron chi connectivity index (χ0n) is 23.5. The Balaban J connectivity index is 1.80. The van der Waals surface area contributed by atoms with Crippen LogP contribution in [0.4, 0.5) is 20.3 Å². The summed E-state index contributed by atoms with van der Waals surface area (Å²) in [6.07, 6.45) is 6.09. The maximum absolute atomic E-state index is 15.0. The lowest BCUT2D eigenvalue weighted by Crippen LogP contribution is -2.26. The van der Waals surface area contributed by atoms with Crippen molar-refractivity contribution < 1.29 is 8.78 Å². The number of nitrogens with zero attached hydrogens (tertiary/aromatic N) is 4. The van der Waals surface area contributed by atoms with E-state index < -0.39 is 11.6 Å². The van der Waals surface area contributed by atoms with Crippen molar-refractivity contribution in [1.29, 1.82) is 0 Å². The average molecular weight is 554 g/mol. The van der Waals surface area contributed by atoms with E-state index in [9.17, 15) is 8.78 Å². The standard InChI is InChI=1S/C29H37F2N7S/c1-16-10-25(37-36-16)35-28(34-18(3)38(6)27-22(30)11-20(39-7)12-23(27)31)26(19-8-9-19)17(2)21(14-32)24-13-29(4,5)15-33-24/h10-12,14,19H,2,8-9,13,15,32H2,1,3-7H3,(H2,35,36,37)/b21-14-,28-26-,34-18+. The molecule has 1 fully saturated rings. The highest BCUT2D eigenvalue weighted by molar-refractivity contribution is 7.98. The molecule has 1 aromatic carbocycles. The van der Waals surface area contributed by atoms with Crippen LogP contribution in [0.1, 0.15) is 45.7 Å². The van der Waals surface area contributed by atoms with Crippen LogP contribution in [0.25, 0.3) is 0 Å². The molecule has 1 aromatic heterocycles. The van der Waals surface area contributed by atoms with Gasteiger partial charge in [-0.25, -0.2) is 13.8 Å². The summed E-state index contributed by atoms with van der Waals surface area (Å²) < 4.78 is 29.9. The molecule has 39 heavy (non-hydrogen) atoms. The van der Waals surface area contributed by atoms with Crippen LogP contribution >= 0.6 is 11.8 Å². The number of nitrogens with two attached hydrogens (primary N) is 1. The number of benzene rings is 1. The lowest BCUT2D eigenvalue weighted by atomic mass is 9.85. The van der Waals surface area contributed by atoms with Gasteiger partial charge in [-0.2, -0.15) is 5.10 Å². The smallest absolute Gasteiger partial charge is 0.153 e. The number of amidine groups is 1. The molecule has 4 N–H and O–H groups in total. The summed E-state index contributed by atoms with van der Waals surface area (Å²) in [5.74, 6) is 0.382. The third kappa shape index (κ3) is 6.43. The van der Waals surface area contributed by atoms with Crippen molar-refractivity contribution in [2.24, 2.45) is 27.1 Å². The Labute approximate surface area is 233 Å². The number of hydrogen-bond acceptors (Lipinski definition) is 6. The lowest BCUT2D eigenvalue weighted by molar-refractivity contribution is 0.423. The number of anilines is 2. The summed E-state index contributed by atoms with van der Waals surface area (Å²) in [5.41, 5.74) is 10.3. The molecule has 0 bridgehead atoms. The number of H-pyrrole nitrogens is 1. The molecule has 0 saturated heterocycles. The molecule has 2 aromatic rings. The molecule has 4 rings (SSSR count). The Hall–Kier alpha value is -3.40. The van der Waals surface area contributed by atoms with E-state index >= 15 is 0 Å². The highest BCUT2D eigenvalue weighted by Gasteiger charge is 2.35. The van der Waals surface area contributed by atoms with Crippen molar-refractivity contribution in [3.05, 3.63) is 70.8 Å². The van der Waals surface area contributed by atoms with Crippen LogP contribution in [0.2, 0.25) is 0 Å². The van der Waals surface area contributed by atoms with Gasteiger partial charge in [0.15, 0.2) is 17.5 Å². The second-order valence-corrected chi connectivity index (χ2v) is 11.8. The summed E-state index contributed by atoms with van der Waals surface area (Å²) in [6.45, 7) is 13.2. The highest BCUT2D eigenvalue weighted by Crippen LogP contribution is 2.45. The van der Waals surface area contributed by atoms with Crippen molar-refractivity contribution in [3.63, 3.8) is 0 Å². The first-order chi connectivity index (χ1) is 18.4. The zero-order chi connectivity index (χ0) is 28.5. The van der Waals surface area contributed by atoms with E-state index in [1.165, 1.54) is 28.8 Å². The molecule has 0 unspecified atom stereocenters. The third-order valence-corrected chi connectivity index (χ3v) is 7.69. The topological polar surface area (TPSA) is 94.7 Å². The number of rotatable bonds is 9. The second-order valence-electron chi connectivity index (χ2n) is 10.9. The normalized spacial score (nSPS) is 18.1. The minimum absolute atomic E-state index is 0.0540. The molecule has 2 heterocycles. The molecule has 208 valence electrons. The second kappa shape index (κ2) is 11.4. The van der Waals surface area contributed by atoms with E-state index in [1.807, 2.05) is 13.0 Å². The average Bonchev–Trinajstić information content (AvgIpc) is 3.51. The summed E-state index contributed by atoms with van der Waals surface area (Å²) in [7, 11) is 1.60. The fourth-order valence-corrected chi connectivity index (χ4v) is 5.11. The number of nitrogens with one attached hydrogen (secondary N) is 2. The largest absolute Gasteiger partial charge is 0.404 e. The molecule has 0 radical (unpaired) electrons. The summed E-state index contributed by atoms with van der Waals surface area (Å²) in [4.78, 5) is 11.6. The van der Waals surface area contributed by atoms with Crippen molar-refractivity contribution in [3.8, 4) is 0 Å². The van der Waals surface area contributed by atoms with E-state index in [0.717, 1.165) is 53.9 Å². The highest BCUT2D eigenvalue weighted by atomic mass is 32.2.